The first kappa shape index (κ1) is 16.6. The van der Waals surface area contributed by atoms with Crippen LogP contribution in [0.15, 0.2) is 24.3 Å². The molecule has 5 atom stereocenters. The van der Waals surface area contributed by atoms with Crippen LogP contribution in [0.1, 0.15) is 10.4 Å². The van der Waals surface area contributed by atoms with E-state index in [1.165, 1.54) is 24.3 Å². The van der Waals surface area contributed by atoms with Crippen molar-refractivity contribution in [2.75, 3.05) is 6.61 Å². The molecular formula is C13H18N2O7. The maximum atomic E-state index is 11.8. The number of benzene rings is 1. The molecule has 0 aromatic heterocycles. The number of aliphatic hydroxyl groups excluding tert-OH is 4. The molecule has 0 saturated carbocycles. The zero-order valence-electron chi connectivity index (χ0n) is 11.5. The van der Waals surface area contributed by atoms with Gasteiger partial charge in [-0.05, 0) is 24.3 Å². The number of nitrogens with one attached hydrogen (secondary N) is 2. The SMILES string of the molecule is O=C(NN[C@@H]1O[C@H](CO)[C@H](O)[C@@H](O)[C@@H]1O)c1ccc(O)cc1. The summed E-state index contributed by atoms with van der Waals surface area (Å²) in [5.41, 5.74) is 4.90. The van der Waals surface area contributed by atoms with E-state index in [1.807, 2.05) is 0 Å². The van der Waals surface area contributed by atoms with Crippen LogP contribution in [0, 0.1) is 0 Å². The van der Waals surface area contributed by atoms with Gasteiger partial charge in [-0.1, -0.05) is 0 Å². The Morgan fingerprint density at radius 3 is 2.32 bits per heavy atom. The van der Waals surface area contributed by atoms with Crippen LogP contribution in [0.2, 0.25) is 0 Å². The van der Waals surface area contributed by atoms with Gasteiger partial charge in [0, 0.05) is 5.56 Å². The third-order valence-electron chi connectivity index (χ3n) is 3.35. The van der Waals surface area contributed by atoms with Gasteiger partial charge in [-0.25, -0.2) is 5.43 Å². The lowest BCUT2D eigenvalue weighted by atomic mass is 9.99. The van der Waals surface area contributed by atoms with Crippen molar-refractivity contribution in [1.82, 2.24) is 10.9 Å². The van der Waals surface area contributed by atoms with E-state index in [9.17, 15) is 20.1 Å². The van der Waals surface area contributed by atoms with Crippen LogP contribution in [0.5, 0.6) is 5.75 Å². The van der Waals surface area contributed by atoms with E-state index in [-0.39, 0.29) is 11.3 Å². The van der Waals surface area contributed by atoms with E-state index in [1.54, 1.807) is 0 Å². The van der Waals surface area contributed by atoms with Gasteiger partial charge in [0.1, 0.15) is 30.2 Å². The van der Waals surface area contributed by atoms with Crippen molar-refractivity contribution in [2.45, 2.75) is 30.6 Å². The fourth-order valence-electron chi connectivity index (χ4n) is 2.04. The largest absolute Gasteiger partial charge is 0.508 e. The average molecular weight is 314 g/mol. The number of carbonyl (C=O) groups excluding carboxylic acids is 1. The number of rotatable bonds is 4. The zero-order chi connectivity index (χ0) is 16.3. The molecule has 2 rings (SSSR count). The maximum absolute atomic E-state index is 11.8. The molecule has 0 spiro atoms. The van der Waals surface area contributed by atoms with E-state index in [0.717, 1.165) is 0 Å². The van der Waals surface area contributed by atoms with Crippen molar-refractivity contribution in [1.29, 1.82) is 0 Å². The summed E-state index contributed by atoms with van der Waals surface area (Å²) in [6.07, 6.45) is -6.78. The van der Waals surface area contributed by atoms with Crippen LogP contribution in [-0.4, -0.2) is 68.7 Å². The minimum absolute atomic E-state index is 0.0124. The molecule has 1 aromatic carbocycles. The standard InChI is InChI=1S/C13H18N2O7/c16-5-8-9(18)10(19)11(20)13(22-8)15-14-12(21)6-1-3-7(17)4-2-6/h1-4,8-11,13,15-20H,5H2,(H,14,21)/t8-,9+,10-,11+,13-/m1/s1. The Morgan fingerprint density at radius 1 is 1.09 bits per heavy atom. The number of carbonyl (C=O) groups is 1. The minimum atomic E-state index is -1.53. The Labute approximate surface area is 125 Å². The van der Waals surface area contributed by atoms with Gasteiger partial charge in [0.05, 0.1) is 6.61 Å². The number of amides is 1. The van der Waals surface area contributed by atoms with Crippen molar-refractivity contribution < 1.29 is 35.1 Å². The van der Waals surface area contributed by atoms with Crippen molar-refractivity contribution >= 4 is 5.91 Å². The zero-order valence-corrected chi connectivity index (χ0v) is 11.5. The molecule has 0 aliphatic carbocycles. The Kier molecular flexibility index (Phi) is 5.29. The van der Waals surface area contributed by atoms with Crippen molar-refractivity contribution in [3.63, 3.8) is 0 Å². The molecule has 1 fully saturated rings. The van der Waals surface area contributed by atoms with Crippen LogP contribution in [0.25, 0.3) is 0 Å². The first-order valence-electron chi connectivity index (χ1n) is 6.59. The van der Waals surface area contributed by atoms with Gasteiger partial charge in [-0.15, -0.1) is 0 Å². The van der Waals surface area contributed by atoms with Gasteiger partial charge < -0.3 is 30.3 Å². The molecule has 1 saturated heterocycles. The highest BCUT2D eigenvalue weighted by Crippen LogP contribution is 2.19. The minimum Gasteiger partial charge on any atom is -0.508 e. The number of phenolic OH excluding ortho intramolecular Hbond substituents is 1. The number of hydrazine groups is 1. The van der Waals surface area contributed by atoms with E-state index in [2.05, 4.69) is 10.9 Å². The lowest BCUT2D eigenvalue weighted by Crippen LogP contribution is -2.64. The van der Waals surface area contributed by atoms with Crippen LogP contribution < -0.4 is 10.9 Å². The monoisotopic (exact) mass is 314 g/mol. The molecular weight excluding hydrogens is 296 g/mol. The van der Waals surface area contributed by atoms with Gasteiger partial charge in [-0.2, -0.15) is 0 Å². The topological polar surface area (TPSA) is 152 Å². The lowest BCUT2D eigenvalue weighted by Gasteiger charge is -2.40. The van der Waals surface area contributed by atoms with E-state index in [0.29, 0.717) is 0 Å². The molecule has 1 aliphatic heterocycles. The smallest absolute Gasteiger partial charge is 0.265 e. The number of hydrogen-bond acceptors (Lipinski definition) is 8. The summed E-state index contributed by atoms with van der Waals surface area (Å²) in [5, 5.41) is 47.2. The fourth-order valence-corrected chi connectivity index (χ4v) is 2.04. The molecule has 1 amide bonds. The Bertz CT molecular complexity index is 508. The Balaban J connectivity index is 1.95. The first-order chi connectivity index (χ1) is 10.4. The number of aromatic hydroxyl groups is 1. The summed E-state index contributed by atoms with van der Waals surface area (Å²) >= 11 is 0. The highest BCUT2D eigenvalue weighted by molar-refractivity contribution is 5.93. The van der Waals surface area contributed by atoms with Crippen molar-refractivity contribution in [2.24, 2.45) is 0 Å². The van der Waals surface area contributed by atoms with Gasteiger partial charge in [0.2, 0.25) is 0 Å². The summed E-state index contributed by atoms with van der Waals surface area (Å²) in [6, 6.07) is 5.45. The molecule has 7 N–H and O–H groups in total. The highest BCUT2D eigenvalue weighted by atomic mass is 16.6. The molecule has 0 bridgehead atoms. The number of aliphatic hydroxyl groups is 4. The number of phenols is 1. The molecule has 1 heterocycles. The van der Waals surface area contributed by atoms with Crippen LogP contribution in [0.4, 0.5) is 0 Å². The number of ether oxygens (including phenoxy) is 1. The van der Waals surface area contributed by atoms with Gasteiger partial charge in [-0.3, -0.25) is 10.2 Å². The third-order valence-corrected chi connectivity index (χ3v) is 3.35. The van der Waals surface area contributed by atoms with Crippen molar-refractivity contribution in [3.05, 3.63) is 29.8 Å². The quantitative estimate of drug-likeness (QED) is 0.299. The van der Waals surface area contributed by atoms with E-state index < -0.39 is 43.2 Å². The van der Waals surface area contributed by atoms with Crippen LogP contribution >= 0.6 is 0 Å². The molecule has 9 heteroatoms. The summed E-state index contributed by atoms with van der Waals surface area (Å²) in [6.45, 7) is -0.560. The molecule has 9 nitrogen and oxygen atoms in total. The van der Waals surface area contributed by atoms with Gasteiger partial charge in [0.25, 0.3) is 5.91 Å². The molecule has 122 valence electrons. The molecule has 1 aliphatic rings. The molecule has 0 unspecified atom stereocenters. The average Bonchev–Trinajstić information content (AvgIpc) is 2.52. The van der Waals surface area contributed by atoms with Crippen LogP contribution in [-0.2, 0) is 4.74 Å². The highest BCUT2D eigenvalue weighted by Gasteiger charge is 2.43. The van der Waals surface area contributed by atoms with Gasteiger partial charge >= 0.3 is 0 Å². The molecule has 1 aromatic rings. The first-order valence-corrected chi connectivity index (χ1v) is 6.59. The third kappa shape index (κ3) is 3.53. The molecule has 22 heavy (non-hydrogen) atoms. The van der Waals surface area contributed by atoms with E-state index in [4.69, 9.17) is 14.9 Å². The fraction of sp³-hybridized carbons (Fsp3) is 0.462. The maximum Gasteiger partial charge on any atom is 0.265 e. The summed E-state index contributed by atoms with van der Waals surface area (Å²) in [5.74, 6) is -0.546. The molecule has 0 radical (unpaired) electrons. The predicted molar refractivity (Wildman–Crippen MR) is 72.5 cm³/mol. The second-order valence-electron chi connectivity index (χ2n) is 4.89. The predicted octanol–water partition coefficient (Wildman–Crippen LogP) is -2.57. The second-order valence-corrected chi connectivity index (χ2v) is 4.89. The lowest BCUT2D eigenvalue weighted by molar-refractivity contribution is -0.238. The Morgan fingerprint density at radius 2 is 1.73 bits per heavy atom. The van der Waals surface area contributed by atoms with Crippen LogP contribution in [0.3, 0.4) is 0 Å². The summed E-state index contributed by atoms with van der Waals surface area (Å²) in [4.78, 5) is 11.8. The summed E-state index contributed by atoms with van der Waals surface area (Å²) in [7, 11) is 0. The summed E-state index contributed by atoms with van der Waals surface area (Å²) < 4.78 is 5.16. The number of hydrogen-bond donors (Lipinski definition) is 7. The van der Waals surface area contributed by atoms with E-state index >= 15 is 0 Å². The van der Waals surface area contributed by atoms with Gasteiger partial charge in [0.15, 0.2) is 6.23 Å². The normalized spacial score (nSPS) is 31.7. The van der Waals surface area contributed by atoms with Crippen molar-refractivity contribution in [3.8, 4) is 5.75 Å². The second kappa shape index (κ2) is 7.01. The Hall–Kier alpha value is -1.75.